The van der Waals surface area contributed by atoms with Gasteiger partial charge in [-0.3, -0.25) is 4.79 Å². The number of amides is 1. The van der Waals surface area contributed by atoms with Crippen molar-refractivity contribution in [2.45, 2.75) is 37.6 Å². The van der Waals surface area contributed by atoms with Gasteiger partial charge < -0.3 is 15.0 Å². The van der Waals surface area contributed by atoms with Gasteiger partial charge in [-0.15, -0.1) is 11.3 Å². The molecule has 0 aliphatic carbocycles. The summed E-state index contributed by atoms with van der Waals surface area (Å²) in [7, 11) is -1.95. The van der Waals surface area contributed by atoms with Crippen molar-refractivity contribution in [3.05, 3.63) is 45.8 Å². The number of sulfonamides is 1. The van der Waals surface area contributed by atoms with Crippen molar-refractivity contribution in [1.82, 2.24) is 9.21 Å². The van der Waals surface area contributed by atoms with Crippen LogP contribution in [-0.4, -0.2) is 62.8 Å². The van der Waals surface area contributed by atoms with Crippen molar-refractivity contribution < 1.29 is 22.7 Å². The van der Waals surface area contributed by atoms with Crippen LogP contribution in [0, 0.1) is 22.7 Å². The monoisotopic (exact) mass is 529 g/mol. The van der Waals surface area contributed by atoms with E-state index < -0.39 is 21.9 Å². The van der Waals surface area contributed by atoms with Crippen LogP contribution in [0.2, 0.25) is 0 Å². The highest BCUT2D eigenvalue weighted by atomic mass is 32.2. The quantitative estimate of drug-likeness (QED) is 0.463. The van der Waals surface area contributed by atoms with E-state index in [9.17, 15) is 18.0 Å². The number of esters is 1. The second kappa shape index (κ2) is 12.1. The van der Waals surface area contributed by atoms with Crippen LogP contribution in [0.4, 0.5) is 5.00 Å². The van der Waals surface area contributed by atoms with Crippen molar-refractivity contribution in [1.29, 1.82) is 10.5 Å². The molecule has 0 atom stereocenters. The molecule has 1 amide bonds. The molecule has 1 N–H and O–H groups in total. The van der Waals surface area contributed by atoms with Gasteiger partial charge in [0.15, 0.2) is 0 Å². The smallest absolute Gasteiger partial charge is 0.341 e. The fraction of sp³-hybridized carbons (Fsp3) is 0.417. The lowest BCUT2D eigenvalue weighted by atomic mass is 10.0. The van der Waals surface area contributed by atoms with Gasteiger partial charge in [-0.25, -0.2) is 13.2 Å². The van der Waals surface area contributed by atoms with Gasteiger partial charge in [0.05, 0.1) is 29.2 Å². The average Bonchev–Trinajstić information content (AvgIpc) is 3.20. The Bertz CT molecular complexity index is 1290. The lowest BCUT2D eigenvalue weighted by Crippen LogP contribution is -2.32. The number of rotatable bonds is 10. The number of thiophene rings is 1. The van der Waals surface area contributed by atoms with E-state index >= 15 is 0 Å². The molecule has 12 heteroatoms. The van der Waals surface area contributed by atoms with E-state index in [2.05, 4.69) is 10.2 Å². The molecule has 0 unspecified atom stereocenters. The van der Waals surface area contributed by atoms with Crippen LogP contribution in [0.1, 0.15) is 50.9 Å². The van der Waals surface area contributed by atoms with E-state index in [0.29, 0.717) is 23.5 Å². The largest absolute Gasteiger partial charge is 0.462 e. The highest BCUT2D eigenvalue weighted by Crippen LogP contribution is 2.37. The van der Waals surface area contributed by atoms with Gasteiger partial charge in [0, 0.05) is 49.5 Å². The third kappa shape index (κ3) is 6.09. The third-order valence-electron chi connectivity index (χ3n) is 5.65. The number of nitrogens with zero attached hydrogens (tertiary/aromatic N) is 4. The zero-order valence-electron chi connectivity index (χ0n) is 20.1. The summed E-state index contributed by atoms with van der Waals surface area (Å²) in [6.07, 6.45) is 0.663. The van der Waals surface area contributed by atoms with E-state index in [-0.39, 0.29) is 43.0 Å². The molecule has 3 rings (SSSR count). The Morgan fingerprint density at radius 2 is 1.81 bits per heavy atom. The van der Waals surface area contributed by atoms with Crippen molar-refractivity contribution in [3.8, 4) is 12.1 Å². The fourth-order valence-electron chi connectivity index (χ4n) is 3.84. The van der Waals surface area contributed by atoms with Gasteiger partial charge >= 0.3 is 5.97 Å². The van der Waals surface area contributed by atoms with Crippen molar-refractivity contribution in [2.75, 3.05) is 38.6 Å². The van der Waals surface area contributed by atoms with Crippen LogP contribution >= 0.6 is 11.3 Å². The number of anilines is 1. The minimum atomic E-state index is -3.94. The summed E-state index contributed by atoms with van der Waals surface area (Å²) in [6.45, 7) is 3.34. The summed E-state index contributed by atoms with van der Waals surface area (Å²) in [5.41, 5.74) is 1.49. The number of nitriles is 2. The van der Waals surface area contributed by atoms with Gasteiger partial charge in [-0.05, 0) is 50.2 Å². The maximum Gasteiger partial charge on any atom is 0.341 e. The SMILES string of the molecule is CCOC(=O)c1c(NC(=O)c2ccc(S(=O)(=O)N(CCC#N)CCC#N)cc2)sc2c1CCN(C)C2. The lowest BCUT2D eigenvalue weighted by Gasteiger charge is -2.22. The molecule has 190 valence electrons. The molecular formula is C24H27N5O5S2. The summed E-state index contributed by atoms with van der Waals surface area (Å²) in [6, 6.07) is 9.23. The minimum Gasteiger partial charge on any atom is -0.462 e. The first-order chi connectivity index (χ1) is 17.2. The topological polar surface area (TPSA) is 144 Å². The molecule has 10 nitrogen and oxygen atoms in total. The molecule has 1 aliphatic heterocycles. The van der Waals surface area contributed by atoms with Crippen LogP contribution in [-0.2, 0) is 27.7 Å². The van der Waals surface area contributed by atoms with Crippen LogP contribution in [0.15, 0.2) is 29.2 Å². The second-order valence-corrected chi connectivity index (χ2v) is 11.2. The summed E-state index contributed by atoms with van der Waals surface area (Å²) in [5.74, 6) is -0.964. The fourth-order valence-corrected chi connectivity index (χ4v) is 6.60. The molecule has 0 spiro atoms. The van der Waals surface area contributed by atoms with Gasteiger partial charge in [-0.1, -0.05) is 0 Å². The standard InChI is InChI=1S/C24H27N5O5S2/c1-3-34-24(31)21-19-10-15-28(2)16-20(19)35-23(21)27-22(30)17-6-8-18(9-7-17)36(32,33)29(13-4-11-25)14-5-12-26/h6-9H,3-5,10,13-16H2,1-2H3,(H,27,30). The van der Waals surface area contributed by atoms with Crippen molar-refractivity contribution >= 4 is 38.2 Å². The predicted molar refractivity (Wildman–Crippen MR) is 134 cm³/mol. The minimum absolute atomic E-state index is 0.00543. The Morgan fingerprint density at radius 1 is 1.17 bits per heavy atom. The number of carbonyl (C=O) groups is 2. The highest BCUT2D eigenvalue weighted by molar-refractivity contribution is 7.89. The van der Waals surface area contributed by atoms with Crippen LogP contribution in [0.25, 0.3) is 0 Å². The second-order valence-electron chi connectivity index (χ2n) is 8.11. The van der Waals surface area contributed by atoms with Gasteiger partial charge in [0.1, 0.15) is 5.00 Å². The molecule has 0 saturated heterocycles. The number of likely N-dealkylation sites (N-methyl/N-ethyl adjacent to an activating group) is 1. The Labute approximate surface area is 214 Å². The maximum atomic E-state index is 13.0. The molecule has 1 aliphatic rings. The first-order valence-electron chi connectivity index (χ1n) is 11.4. The number of hydrogen-bond donors (Lipinski definition) is 1. The Balaban J connectivity index is 1.84. The van der Waals surface area contributed by atoms with Crippen molar-refractivity contribution in [3.63, 3.8) is 0 Å². The number of benzene rings is 1. The molecule has 2 aromatic rings. The lowest BCUT2D eigenvalue weighted by molar-refractivity contribution is 0.0526. The molecule has 0 saturated carbocycles. The summed E-state index contributed by atoms with van der Waals surface area (Å²) >= 11 is 1.34. The summed E-state index contributed by atoms with van der Waals surface area (Å²) in [5, 5.41) is 20.9. The molecule has 0 bridgehead atoms. The Kier molecular flexibility index (Phi) is 9.18. The first kappa shape index (κ1) is 27.3. The highest BCUT2D eigenvalue weighted by Gasteiger charge is 2.29. The summed E-state index contributed by atoms with van der Waals surface area (Å²) < 4.78 is 32.3. The van der Waals surface area contributed by atoms with Crippen LogP contribution < -0.4 is 5.32 Å². The van der Waals surface area contributed by atoms with Gasteiger partial charge in [0.2, 0.25) is 10.0 Å². The van der Waals surface area contributed by atoms with Crippen molar-refractivity contribution in [2.24, 2.45) is 0 Å². The molecule has 1 aromatic heterocycles. The number of nitrogens with one attached hydrogen (secondary N) is 1. The maximum absolute atomic E-state index is 13.0. The molecule has 1 aromatic carbocycles. The molecule has 0 radical (unpaired) electrons. The first-order valence-corrected chi connectivity index (χ1v) is 13.6. The van der Waals surface area contributed by atoms with E-state index in [1.54, 1.807) is 6.92 Å². The van der Waals surface area contributed by atoms with Crippen LogP contribution in [0.3, 0.4) is 0 Å². The molecule has 0 fully saturated rings. The van der Waals surface area contributed by atoms with E-state index in [4.69, 9.17) is 15.3 Å². The molecule has 36 heavy (non-hydrogen) atoms. The van der Waals surface area contributed by atoms with Crippen LogP contribution in [0.5, 0.6) is 0 Å². The Hall–Kier alpha value is -3.29. The molecular weight excluding hydrogens is 502 g/mol. The zero-order chi connectivity index (χ0) is 26.3. The van der Waals surface area contributed by atoms with Gasteiger partial charge in [-0.2, -0.15) is 14.8 Å². The average molecular weight is 530 g/mol. The normalized spacial score (nSPS) is 13.5. The number of fused-ring (bicyclic) bond motifs is 1. The number of carbonyl (C=O) groups excluding carboxylic acids is 2. The number of ether oxygens (including phenoxy) is 1. The van der Waals surface area contributed by atoms with E-state index in [0.717, 1.165) is 21.3 Å². The predicted octanol–water partition coefficient (Wildman–Crippen LogP) is 2.98. The zero-order valence-corrected chi connectivity index (χ0v) is 21.7. The Morgan fingerprint density at radius 3 is 2.39 bits per heavy atom. The molecule has 2 heterocycles. The van der Waals surface area contributed by atoms with E-state index in [1.165, 1.54) is 35.6 Å². The number of hydrogen-bond acceptors (Lipinski definition) is 9. The third-order valence-corrected chi connectivity index (χ3v) is 8.70. The van der Waals surface area contributed by atoms with Gasteiger partial charge in [0.25, 0.3) is 5.91 Å². The summed E-state index contributed by atoms with van der Waals surface area (Å²) in [4.78, 5) is 28.8. The van der Waals surface area contributed by atoms with E-state index in [1.807, 2.05) is 19.2 Å².